The van der Waals surface area contributed by atoms with E-state index in [1.54, 1.807) is 0 Å². The number of nitrogens with two attached hydrogens (primary N) is 1. The minimum atomic E-state index is -0.596. The molecule has 3 rings (SSSR count). The van der Waals surface area contributed by atoms with Crippen molar-refractivity contribution in [2.24, 2.45) is 0 Å². The second kappa shape index (κ2) is 6.48. The fraction of sp³-hybridized carbons (Fsp3) is 0.421. The lowest BCUT2D eigenvalue weighted by Gasteiger charge is -2.32. The van der Waals surface area contributed by atoms with Gasteiger partial charge in [-0.25, -0.2) is 4.79 Å². The van der Waals surface area contributed by atoms with Gasteiger partial charge in [0, 0.05) is 19.6 Å². The maximum atomic E-state index is 11.8. The quantitative estimate of drug-likeness (QED) is 0.806. The molecule has 0 aromatic heterocycles. The number of alkyl carbamates (subject to hydrolysis) is 1. The zero-order valence-corrected chi connectivity index (χ0v) is 15.2. The molecule has 0 saturated heterocycles. The molecule has 26 heavy (non-hydrogen) atoms. The fourth-order valence-electron chi connectivity index (χ4n) is 3.11. The van der Waals surface area contributed by atoms with Gasteiger partial charge in [-0.05, 0) is 43.9 Å². The highest BCUT2D eigenvalue weighted by molar-refractivity contribution is 5.73. The second-order valence-electron chi connectivity index (χ2n) is 7.55. The van der Waals surface area contributed by atoms with Crippen molar-refractivity contribution in [2.45, 2.75) is 45.9 Å². The molecule has 1 heterocycles. The number of hydrogen-bond donors (Lipinski definition) is 2. The predicted octanol–water partition coefficient (Wildman–Crippen LogP) is 1.45. The summed E-state index contributed by atoms with van der Waals surface area (Å²) in [6.07, 6.45) is 0.307. The molecular formula is C19H23N3O4. The maximum Gasteiger partial charge on any atom is 0.407 e. The van der Waals surface area contributed by atoms with Crippen LogP contribution < -0.4 is 26.8 Å². The van der Waals surface area contributed by atoms with Crippen LogP contribution >= 0.6 is 0 Å². The Balaban J connectivity index is 1.69. The zero-order chi connectivity index (χ0) is 19.1. The van der Waals surface area contributed by atoms with Crippen molar-refractivity contribution in [1.82, 2.24) is 5.32 Å². The van der Waals surface area contributed by atoms with E-state index in [-0.39, 0.29) is 5.69 Å². The summed E-state index contributed by atoms with van der Waals surface area (Å²) in [5, 5.41) is 2.74. The number of amides is 1. The Hall–Kier alpha value is -2.83. The van der Waals surface area contributed by atoms with Crippen molar-refractivity contribution < 1.29 is 9.53 Å². The number of nitrogens with one attached hydrogen (secondary N) is 1. The Morgan fingerprint density at radius 3 is 2.62 bits per heavy atom. The van der Waals surface area contributed by atoms with Crippen LogP contribution in [0, 0.1) is 0 Å². The van der Waals surface area contributed by atoms with Crippen molar-refractivity contribution >= 4 is 17.5 Å². The molecule has 7 heteroatoms. The van der Waals surface area contributed by atoms with Crippen molar-refractivity contribution in [2.75, 3.05) is 17.2 Å². The summed E-state index contributed by atoms with van der Waals surface area (Å²) in [6.45, 7) is 6.96. The number of fused-ring (bicyclic) bond motifs is 1. The number of rotatable bonds is 3. The number of hydrogen-bond acceptors (Lipinski definition) is 6. The number of nitrogen functional groups attached to an aromatic ring is 1. The molecule has 7 nitrogen and oxygen atoms in total. The molecule has 0 unspecified atom stereocenters. The topological polar surface area (TPSA) is 102 Å². The molecule has 0 spiro atoms. The van der Waals surface area contributed by atoms with Crippen LogP contribution in [-0.2, 0) is 24.2 Å². The van der Waals surface area contributed by atoms with E-state index in [0.717, 1.165) is 17.5 Å². The van der Waals surface area contributed by atoms with E-state index >= 15 is 0 Å². The van der Waals surface area contributed by atoms with E-state index in [9.17, 15) is 14.4 Å². The first-order valence-corrected chi connectivity index (χ1v) is 8.57. The van der Waals surface area contributed by atoms with E-state index in [0.29, 0.717) is 25.3 Å². The molecule has 3 N–H and O–H groups in total. The first-order chi connectivity index (χ1) is 12.2. The van der Waals surface area contributed by atoms with Crippen molar-refractivity contribution in [3.8, 4) is 0 Å². The normalized spacial score (nSPS) is 14.2. The summed E-state index contributed by atoms with van der Waals surface area (Å²) in [7, 11) is 0. The van der Waals surface area contributed by atoms with Crippen LogP contribution in [0.1, 0.15) is 37.5 Å². The van der Waals surface area contributed by atoms with Gasteiger partial charge in [0.2, 0.25) is 0 Å². The summed E-state index contributed by atoms with van der Waals surface area (Å²) in [4.78, 5) is 36.7. The molecule has 0 aliphatic carbocycles. The Morgan fingerprint density at radius 1 is 1.23 bits per heavy atom. The van der Waals surface area contributed by atoms with Crippen molar-refractivity contribution in [3.63, 3.8) is 0 Å². The molecule has 0 radical (unpaired) electrons. The lowest BCUT2D eigenvalue weighted by molar-refractivity contribution is 0.0523. The van der Waals surface area contributed by atoms with Crippen LogP contribution in [0.15, 0.2) is 27.8 Å². The predicted molar refractivity (Wildman–Crippen MR) is 100 cm³/mol. The summed E-state index contributed by atoms with van der Waals surface area (Å²) < 4.78 is 5.23. The average Bonchev–Trinajstić information content (AvgIpc) is 2.58. The highest BCUT2D eigenvalue weighted by atomic mass is 16.6. The number of carbonyl (C=O) groups is 1. The Labute approximate surface area is 151 Å². The molecule has 1 aliphatic rings. The Bertz CT molecular complexity index is 920. The van der Waals surface area contributed by atoms with E-state index in [4.69, 9.17) is 10.5 Å². The summed E-state index contributed by atoms with van der Waals surface area (Å²) >= 11 is 0. The number of benzene rings is 1. The Morgan fingerprint density at radius 2 is 1.96 bits per heavy atom. The first-order valence-electron chi connectivity index (χ1n) is 8.57. The van der Waals surface area contributed by atoms with Gasteiger partial charge < -0.3 is 20.7 Å². The highest BCUT2D eigenvalue weighted by Crippen LogP contribution is 2.26. The summed E-state index contributed by atoms with van der Waals surface area (Å²) in [5.74, 6) is 0. The molecule has 0 atom stereocenters. The van der Waals surface area contributed by atoms with Crippen LogP contribution in [0.4, 0.5) is 16.2 Å². The van der Waals surface area contributed by atoms with Crippen molar-refractivity contribution in [3.05, 3.63) is 55.3 Å². The number of nitrogens with zero attached hydrogens (tertiary/aromatic N) is 1. The minimum absolute atomic E-state index is 0.0567. The third-order valence-electron chi connectivity index (χ3n) is 4.36. The third kappa shape index (κ3) is 3.56. The van der Waals surface area contributed by atoms with Gasteiger partial charge in [0.25, 0.3) is 10.9 Å². The smallest absolute Gasteiger partial charge is 0.407 e. The van der Waals surface area contributed by atoms with Gasteiger partial charge in [0.1, 0.15) is 17.0 Å². The van der Waals surface area contributed by atoms with E-state index < -0.39 is 22.6 Å². The molecule has 2 aromatic rings. The van der Waals surface area contributed by atoms with Gasteiger partial charge in [-0.1, -0.05) is 18.2 Å². The number of ether oxygens (including phenoxy) is 1. The van der Waals surface area contributed by atoms with E-state index in [2.05, 4.69) is 5.32 Å². The van der Waals surface area contributed by atoms with Gasteiger partial charge in [-0.2, -0.15) is 0 Å². The lowest BCUT2D eigenvalue weighted by Crippen LogP contribution is -2.44. The van der Waals surface area contributed by atoms with Crippen LogP contribution in [-0.4, -0.2) is 18.2 Å². The third-order valence-corrected chi connectivity index (χ3v) is 4.36. The summed E-state index contributed by atoms with van der Waals surface area (Å²) in [5.41, 5.74) is 7.62. The number of anilines is 2. The van der Waals surface area contributed by atoms with Gasteiger partial charge >= 0.3 is 6.09 Å². The van der Waals surface area contributed by atoms with E-state index in [1.807, 2.05) is 43.9 Å². The maximum absolute atomic E-state index is 11.8. The Kier molecular flexibility index (Phi) is 4.48. The largest absolute Gasteiger partial charge is 0.444 e. The van der Waals surface area contributed by atoms with Crippen LogP contribution in [0.5, 0.6) is 0 Å². The minimum Gasteiger partial charge on any atom is -0.444 e. The molecule has 0 bridgehead atoms. The van der Waals surface area contributed by atoms with E-state index in [1.165, 1.54) is 5.56 Å². The monoisotopic (exact) mass is 357 g/mol. The summed E-state index contributed by atoms with van der Waals surface area (Å²) in [6, 6.07) is 6.00. The molecule has 0 fully saturated rings. The van der Waals surface area contributed by atoms with Crippen LogP contribution in [0.3, 0.4) is 0 Å². The highest BCUT2D eigenvalue weighted by Gasteiger charge is 2.26. The molecule has 0 saturated carbocycles. The van der Waals surface area contributed by atoms with Gasteiger partial charge in [0.15, 0.2) is 0 Å². The lowest BCUT2D eigenvalue weighted by atomic mass is 9.96. The first kappa shape index (κ1) is 18.0. The SMILES string of the molecule is CC(C)(C)OC(=O)NCc1ccc2c(c1)CN(c1c(N)c(=O)c1=O)CC2. The van der Waals surface area contributed by atoms with Gasteiger partial charge in [0.05, 0.1) is 0 Å². The molecule has 138 valence electrons. The fourth-order valence-corrected chi connectivity index (χ4v) is 3.11. The molecule has 1 amide bonds. The van der Waals surface area contributed by atoms with Crippen LogP contribution in [0.25, 0.3) is 0 Å². The number of carbonyl (C=O) groups excluding carboxylic acids is 1. The second-order valence-corrected chi connectivity index (χ2v) is 7.55. The van der Waals surface area contributed by atoms with Crippen molar-refractivity contribution in [1.29, 1.82) is 0 Å². The molecular weight excluding hydrogens is 334 g/mol. The average molecular weight is 357 g/mol. The van der Waals surface area contributed by atoms with Gasteiger partial charge in [-0.3, -0.25) is 9.59 Å². The molecule has 1 aliphatic heterocycles. The molecule has 2 aromatic carbocycles. The zero-order valence-electron chi connectivity index (χ0n) is 15.2. The standard InChI is InChI=1S/C19H23N3O4/c1-19(2,3)26-18(25)21-9-11-4-5-12-6-7-22(10-13(12)8-11)15-14(20)16(23)17(15)24/h4-5,8H,6-7,9-10,20H2,1-3H3,(H,21,25). The van der Waals surface area contributed by atoms with Gasteiger partial charge in [-0.15, -0.1) is 0 Å². The van der Waals surface area contributed by atoms with Crippen LogP contribution in [0.2, 0.25) is 0 Å².